The van der Waals surface area contributed by atoms with Gasteiger partial charge in [-0.3, -0.25) is 0 Å². The van der Waals surface area contributed by atoms with E-state index in [1.807, 2.05) is 36.4 Å². The summed E-state index contributed by atoms with van der Waals surface area (Å²) in [7, 11) is 1.65. The van der Waals surface area contributed by atoms with Crippen molar-refractivity contribution in [2.24, 2.45) is 0 Å². The number of benzene rings is 2. The van der Waals surface area contributed by atoms with E-state index in [-0.39, 0.29) is 5.38 Å². The lowest BCUT2D eigenvalue weighted by Gasteiger charge is -2.16. The van der Waals surface area contributed by atoms with Crippen molar-refractivity contribution in [3.63, 3.8) is 0 Å². The topological polar surface area (TPSA) is 9.23 Å². The molecule has 100 valence electrons. The molecule has 0 heterocycles. The Morgan fingerprint density at radius 1 is 1.05 bits per heavy atom. The summed E-state index contributed by atoms with van der Waals surface area (Å²) < 4.78 is 8.52. The van der Waals surface area contributed by atoms with Crippen LogP contribution in [0.4, 0.5) is 0 Å². The van der Waals surface area contributed by atoms with Crippen LogP contribution < -0.4 is 4.74 Å². The van der Waals surface area contributed by atoms with Gasteiger partial charge in [-0.05, 0) is 64.6 Å². The highest BCUT2D eigenvalue weighted by atomic mass is 127. The number of hydrogen-bond acceptors (Lipinski definition) is 1. The molecule has 0 aliphatic carbocycles. The molecule has 2 aromatic carbocycles. The fourth-order valence-electron chi connectivity index (χ4n) is 1.78. The Kier molecular flexibility index (Phi) is 5.57. The quantitative estimate of drug-likeness (QED) is 0.351. The second-order valence-corrected chi connectivity index (χ2v) is 7.34. The van der Waals surface area contributed by atoms with E-state index in [1.54, 1.807) is 7.11 Å². The van der Waals surface area contributed by atoms with Crippen molar-refractivity contribution in [2.75, 3.05) is 7.11 Å². The summed E-state index contributed by atoms with van der Waals surface area (Å²) in [5.74, 6) is 0.791. The van der Waals surface area contributed by atoms with E-state index in [1.165, 1.54) is 0 Å². The van der Waals surface area contributed by atoms with Gasteiger partial charge in [0.25, 0.3) is 0 Å². The molecule has 5 heteroatoms. The first-order valence-corrected chi connectivity index (χ1v) is 8.55. The van der Waals surface area contributed by atoms with Crippen molar-refractivity contribution >= 4 is 66.1 Å². The lowest BCUT2D eigenvalue weighted by Crippen LogP contribution is -1.99. The predicted octanol–water partition coefficient (Wildman–Crippen LogP) is 6.15. The molecule has 2 aromatic rings. The molecular weight excluding hydrogens is 506 g/mol. The molecule has 1 unspecified atom stereocenters. The minimum atomic E-state index is -0.253. The molecule has 1 nitrogen and oxygen atoms in total. The zero-order valence-electron chi connectivity index (χ0n) is 9.96. The second-order valence-electron chi connectivity index (χ2n) is 3.91. The normalized spacial score (nSPS) is 12.3. The van der Waals surface area contributed by atoms with Crippen molar-refractivity contribution in [3.8, 4) is 5.75 Å². The monoisotopic (exact) mass is 514 g/mol. The van der Waals surface area contributed by atoms with Crippen molar-refractivity contribution in [2.45, 2.75) is 5.38 Å². The lowest BCUT2D eigenvalue weighted by atomic mass is 10.0. The number of ether oxygens (including phenoxy) is 1. The van der Waals surface area contributed by atoms with Gasteiger partial charge in [0.1, 0.15) is 5.75 Å². The van der Waals surface area contributed by atoms with Gasteiger partial charge in [0.2, 0.25) is 0 Å². The number of methoxy groups -OCH3 is 1. The minimum Gasteiger partial charge on any atom is -0.496 e. The van der Waals surface area contributed by atoms with Crippen LogP contribution >= 0.6 is 66.1 Å². The molecule has 0 bridgehead atoms. The second kappa shape index (κ2) is 6.78. The molecule has 1 atom stereocenters. The summed E-state index contributed by atoms with van der Waals surface area (Å²) in [5.41, 5.74) is 2.02. The number of rotatable bonds is 3. The van der Waals surface area contributed by atoms with E-state index in [0.29, 0.717) is 0 Å². The zero-order chi connectivity index (χ0) is 14.0. The van der Waals surface area contributed by atoms with Crippen LogP contribution in [0.1, 0.15) is 16.5 Å². The van der Waals surface area contributed by atoms with E-state index < -0.39 is 0 Å². The molecule has 0 spiro atoms. The van der Waals surface area contributed by atoms with Crippen LogP contribution in [0.25, 0.3) is 0 Å². The van der Waals surface area contributed by atoms with Crippen LogP contribution in [0.5, 0.6) is 5.75 Å². The lowest BCUT2D eigenvalue weighted by molar-refractivity contribution is 0.410. The van der Waals surface area contributed by atoms with E-state index in [0.717, 1.165) is 29.4 Å². The van der Waals surface area contributed by atoms with Crippen LogP contribution in [-0.4, -0.2) is 7.11 Å². The highest BCUT2D eigenvalue weighted by Crippen LogP contribution is 2.39. The molecule has 0 saturated carbocycles. The molecule has 0 saturated heterocycles. The molecule has 0 aliphatic rings. The Balaban J connectivity index is 2.51. The molecular formula is C14H10Br2ClIO. The van der Waals surface area contributed by atoms with Crippen LogP contribution in [0, 0.1) is 3.57 Å². The maximum Gasteiger partial charge on any atom is 0.123 e. The number of halogens is 4. The number of alkyl halides is 1. The van der Waals surface area contributed by atoms with E-state index in [4.69, 9.17) is 16.3 Å². The summed E-state index contributed by atoms with van der Waals surface area (Å²) in [6.07, 6.45) is 0. The molecule has 0 aromatic heterocycles. The highest BCUT2D eigenvalue weighted by molar-refractivity contribution is 14.1. The molecule has 0 fully saturated rings. The summed E-state index contributed by atoms with van der Waals surface area (Å²) in [6.45, 7) is 0. The SMILES string of the molecule is COc1ccc(Br)cc1C(Cl)c1cc(Br)ccc1I. The van der Waals surface area contributed by atoms with E-state index in [2.05, 4.69) is 54.5 Å². The fourth-order valence-corrected chi connectivity index (χ4v) is 3.72. The van der Waals surface area contributed by atoms with Gasteiger partial charge < -0.3 is 4.74 Å². The van der Waals surface area contributed by atoms with Crippen molar-refractivity contribution < 1.29 is 4.74 Å². The highest BCUT2D eigenvalue weighted by Gasteiger charge is 2.18. The average molecular weight is 516 g/mol. The van der Waals surface area contributed by atoms with Gasteiger partial charge in [0.15, 0.2) is 0 Å². The third-order valence-electron chi connectivity index (χ3n) is 2.70. The molecule has 19 heavy (non-hydrogen) atoms. The van der Waals surface area contributed by atoms with Gasteiger partial charge in [-0.2, -0.15) is 0 Å². The zero-order valence-corrected chi connectivity index (χ0v) is 16.0. The first-order valence-electron chi connectivity index (χ1n) is 5.45. The first-order chi connectivity index (χ1) is 9.02. The Labute approximate surface area is 148 Å². The van der Waals surface area contributed by atoms with Gasteiger partial charge >= 0.3 is 0 Å². The minimum absolute atomic E-state index is 0.253. The van der Waals surface area contributed by atoms with Crippen molar-refractivity contribution in [3.05, 3.63) is 60.0 Å². The van der Waals surface area contributed by atoms with Gasteiger partial charge in [-0.1, -0.05) is 31.9 Å². The molecule has 0 N–H and O–H groups in total. The fraction of sp³-hybridized carbons (Fsp3) is 0.143. The Bertz CT molecular complexity index is 604. The molecule has 0 amide bonds. The van der Waals surface area contributed by atoms with Crippen molar-refractivity contribution in [1.82, 2.24) is 0 Å². The maximum atomic E-state index is 6.64. The van der Waals surface area contributed by atoms with Crippen LogP contribution in [0.2, 0.25) is 0 Å². The Morgan fingerprint density at radius 3 is 2.26 bits per heavy atom. The maximum absolute atomic E-state index is 6.64. The van der Waals surface area contributed by atoms with Gasteiger partial charge in [-0.15, -0.1) is 11.6 Å². The van der Waals surface area contributed by atoms with Gasteiger partial charge in [-0.25, -0.2) is 0 Å². The standard InChI is InChI=1S/C14H10Br2ClIO/c1-19-13-5-3-9(16)7-11(13)14(17)10-6-8(15)2-4-12(10)18/h2-7,14H,1H3. The number of hydrogen-bond donors (Lipinski definition) is 0. The predicted molar refractivity (Wildman–Crippen MR) is 95.2 cm³/mol. The third kappa shape index (κ3) is 3.65. The van der Waals surface area contributed by atoms with Gasteiger partial charge in [0, 0.05) is 18.1 Å². The van der Waals surface area contributed by atoms with Crippen LogP contribution in [0.3, 0.4) is 0 Å². The van der Waals surface area contributed by atoms with Gasteiger partial charge in [0.05, 0.1) is 12.5 Å². The van der Waals surface area contributed by atoms with Crippen molar-refractivity contribution in [1.29, 1.82) is 0 Å². The summed E-state index contributed by atoms with van der Waals surface area (Å²) in [4.78, 5) is 0. The molecule has 0 radical (unpaired) electrons. The molecule has 0 aliphatic heterocycles. The summed E-state index contributed by atoms with van der Waals surface area (Å²) in [6, 6.07) is 11.9. The largest absolute Gasteiger partial charge is 0.496 e. The molecule has 2 rings (SSSR count). The van der Waals surface area contributed by atoms with Crippen LogP contribution in [0.15, 0.2) is 45.3 Å². The smallest absolute Gasteiger partial charge is 0.123 e. The summed E-state index contributed by atoms with van der Waals surface area (Å²) >= 11 is 15.9. The van der Waals surface area contributed by atoms with Crippen LogP contribution in [-0.2, 0) is 0 Å². The van der Waals surface area contributed by atoms with E-state index >= 15 is 0 Å². The van der Waals surface area contributed by atoms with E-state index in [9.17, 15) is 0 Å². The first kappa shape index (κ1) is 15.6. The summed E-state index contributed by atoms with van der Waals surface area (Å²) in [5, 5.41) is -0.253. The average Bonchev–Trinajstić information content (AvgIpc) is 2.40. The Morgan fingerprint density at radius 2 is 1.63 bits per heavy atom. The Hall–Kier alpha value is 0.220. The third-order valence-corrected chi connectivity index (χ3v) is 5.13.